The van der Waals surface area contributed by atoms with E-state index in [2.05, 4.69) is 45.3 Å². The van der Waals surface area contributed by atoms with E-state index in [1.165, 1.54) is 0 Å². The molecule has 2 N–H and O–H groups in total. The predicted octanol–water partition coefficient (Wildman–Crippen LogP) is 2.24. The van der Waals surface area contributed by atoms with Crippen LogP contribution in [0.2, 0.25) is 5.02 Å². The van der Waals surface area contributed by atoms with E-state index in [0.717, 1.165) is 36.2 Å². The van der Waals surface area contributed by atoms with Crippen molar-refractivity contribution in [2.45, 2.75) is 19.9 Å². The number of benzene rings is 1. The Morgan fingerprint density at radius 1 is 1.20 bits per heavy atom. The molecular weight excluding hydrogens is 537 g/mol. The fourth-order valence-electron chi connectivity index (χ4n) is 3.57. The molecule has 0 aliphatic carbocycles. The molecular formula is C20H35ClIN5O2S. The predicted molar refractivity (Wildman–Crippen MR) is 137 cm³/mol. The summed E-state index contributed by atoms with van der Waals surface area (Å²) in [6.45, 7) is 9.56. The molecule has 7 nitrogen and oxygen atoms in total. The molecule has 0 amide bonds. The molecule has 0 saturated carbocycles. The molecule has 1 saturated heterocycles. The van der Waals surface area contributed by atoms with Crippen LogP contribution in [0.4, 0.5) is 0 Å². The van der Waals surface area contributed by atoms with E-state index in [1.54, 1.807) is 7.05 Å². The molecule has 10 heteroatoms. The van der Waals surface area contributed by atoms with Crippen molar-refractivity contribution in [2.75, 3.05) is 64.4 Å². The third kappa shape index (κ3) is 8.49. The van der Waals surface area contributed by atoms with Gasteiger partial charge in [-0.25, -0.2) is 8.42 Å². The zero-order chi connectivity index (χ0) is 21.3. The van der Waals surface area contributed by atoms with Crippen LogP contribution >= 0.6 is 35.6 Å². The van der Waals surface area contributed by atoms with Crippen molar-refractivity contribution in [1.82, 2.24) is 20.4 Å². The SMILES string of the molecule is CCN(CC)C(CNC(=NC)NCCN1CCS(=O)(=O)CC1)c1ccccc1Cl.I. The Morgan fingerprint density at radius 2 is 1.83 bits per heavy atom. The summed E-state index contributed by atoms with van der Waals surface area (Å²) in [7, 11) is -1.08. The maximum atomic E-state index is 11.5. The van der Waals surface area contributed by atoms with Gasteiger partial charge in [0.15, 0.2) is 15.8 Å². The Kier molecular flexibility index (Phi) is 12.5. The van der Waals surface area contributed by atoms with Crippen molar-refractivity contribution in [3.8, 4) is 0 Å². The van der Waals surface area contributed by atoms with Gasteiger partial charge in [-0.2, -0.15) is 0 Å². The molecule has 172 valence electrons. The molecule has 30 heavy (non-hydrogen) atoms. The maximum absolute atomic E-state index is 11.5. The van der Waals surface area contributed by atoms with Crippen molar-refractivity contribution in [1.29, 1.82) is 0 Å². The summed E-state index contributed by atoms with van der Waals surface area (Å²) in [4.78, 5) is 8.86. The lowest BCUT2D eigenvalue weighted by Gasteiger charge is -2.31. The Bertz CT molecular complexity index is 760. The lowest BCUT2D eigenvalue weighted by atomic mass is 10.0. The lowest BCUT2D eigenvalue weighted by Crippen LogP contribution is -2.47. The van der Waals surface area contributed by atoms with E-state index >= 15 is 0 Å². The van der Waals surface area contributed by atoms with Gasteiger partial charge in [0, 0.05) is 44.8 Å². The summed E-state index contributed by atoms with van der Waals surface area (Å²) >= 11 is 6.47. The van der Waals surface area contributed by atoms with E-state index in [0.29, 0.717) is 26.2 Å². The van der Waals surface area contributed by atoms with Crippen LogP contribution in [0.25, 0.3) is 0 Å². The molecule has 1 heterocycles. The Labute approximate surface area is 203 Å². The number of nitrogens with zero attached hydrogens (tertiary/aromatic N) is 3. The van der Waals surface area contributed by atoms with Crippen LogP contribution in [-0.4, -0.2) is 88.5 Å². The highest BCUT2D eigenvalue weighted by atomic mass is 127. The second kappa shape index (κ2) is 13.7. The van der Waals surface area contributed by atoms with Crippen LogP contribution in [0.1, 0.15) is 25.5 Å². The van der Waals surface area contributed by atoms with E-state index in [9.17, 15) is 8.42 Å². The Morgan fingerprint density at radius 3 is 2.40 bits per heavy atom. The largest absolute Gasteiger partial charge is 0.355 e. The number of hydrogen-bond donors (Lipinski definition) is 2. The van der Waals surface area contributed by atoms with E-state index in [1.807, 2.05) is 18.2 Å². The molecule has 1 aliphatic heterocycles. The highest BCUT2D eigenvalue weighted by Gasteiger charge is 2.22. The van der Waals surface area contributed by atoms with Crippen molar-refractivity contribution < 1.29 is 8.42 Å². The van der Waals surface area contributed by atoms with Gasteiger partial charge in [0.2, 0.25) is 0 Å². The quantitative estimate of drug-likeness (QED) is 0.269. The zero-order valence-corrected chi connectivity index (χ0v) is 22.0. The molecule has 1 fully saturated rings. The molecule has 0 spiro atoms. The zero-order valence-electron chi connectivity index (χ0n) is 18.1. The second-order valence-electron chi connectivity index (χ2n) is 7.13. The van der Waals surface area contributed by atoms with Crippen LogP contribution in [0.5, 0.6) is 0 Å². The maximum Gasteiger partial charge on any atom is 0.191 e. The van der Waals surface area contributed by atoms with E-state index in [4.69, 9.17) is 11.6 Å². The molecule has 0 aromatic heterocycles. The van der Waals surface area contributed by atoms with Gasteiger partial charge in [0.1, 0.15) is 0 Å². The van der Waals surface area contributed by atoms with Gasteiger partial charge in [0.25, 0.3) is 0 Å². The molecule has 1 atom stereocenters. The van der Waals surface area contributed by atoms with E-state index in [-0.39, 0.29) is 41.5 Å². The van der Waals surface area contributed by atoms with E-state index < -0.39 is 9.84 Å². The average Bonchev–Trinajstić information content (AvgIpc) is 2.71. The number of aliphatic imine (C=N–C) groups is 1. The fraction of sp³-hybridized carbons (Fsp3) is 0.650. The number of hydrogen-bond acceptors (Lipinski definition) is 5. The molecule has 1 aliphatic rings. The highest BCUT2D eigenvalue weighted by molar-refractivity contribution is 14.0. The number of nitrogens with one attached hydrogen (secondary N) is 2. The van der Waals surface area contributed by atoms with Crippen LogP contribution < -0.4 is 10.6 Å². The summed E-state index contributed by atoms with van der Waals surface area (Å²) in [5.41, 5.74) is 1.11. The first-order chi connectivity index (χ1) is 13.9. The van der Waals surface area contributed by atoms with Crippen LogP contribution in [0, 0.1) is 0 Å². The minimum Gasteiger partial charge on any atom is -0.355 e. The minimum absolute atomic E-state index is 0. The van der Waals surface area contributed by atoms with Gasteiger partial charge < -0.3 is 10.6 Å². The molecule has 1 aromatic rings. The minimum atomic E-state index is -2.84. The Balaban J connectivity index is 0.00000450. The number of likely N-dealkylation sites (N-methyl/N-ethyl adjacent to an activating group) is 1. The Hall–Kier alpha value is -0.620. The van der Waals surface area contributed by atoms with Gasteiger partial charge in [0.05, 0.1) is 17.5 Å². The topological polar surface area (TPSA) is 77.0 Å². The third-order valence-electron chi connectivity index (χ3n) is 5.36. The van der Waals surface area contributed by atoms with Crippen molar-refractivity contribution in [2.24, 2.45) is 4.99 Å². The van der Waals surface area contributed by atoms with Crippen LogP contribution in [-0.2, 0) is 9.84 Å². The first-order valence-corrected chi connectivity index (χ1v) is 12.5. The van der Waals surface area contributed by atoms with Crippen molar-refractivity contribution in [3.05, 3.63) is 34.9 Å². The summed E-state index contributed by atoms with van der Waals surface area (Å²) in [5, 5.41) is 7.52. The second-order valence-corrected chi connectivity index (χ2v) is 9.84. The van der Waals surface area contributed by atoms with Gasteiger partial charge >= 0.3 is 0 Å². The first-order valence-electron chi connectivity index (χ1n) is 10.3. The summed E-state index contributed by atoms with van der Waals surface area (Å²) in [5.74, 6) is 1.24. The summed E-state index contributed by atoms with van der Waals surface area (Å²) in [6, 6.07) is 8.12. The monoisotopic (exact) mass is 571 g/mol. The standard InChI is InChI=1S/C20H34ClN5O2S.HI/c1-4-26(5-2)19(17-8-6-7-9-18(17)21)16-24-20(22-3)23-10-11-25-12-14-29(27,28)15-13-25;/h6-9,19H,4-5,10-16H2,1-3H3,(H2,22,23,24);1H. The lowest BCUT2D eigenvalue weighted by molar-refractivity contribution is 0.219. The highest BCUT2D eigenvalue weighted by Crippen LogP contribution is 2.26. The normalized spacial score (nSPS) is 18.0. The summed E-state index contributed by atoms with van der Waals surface area (Å²) in [6.07, 6.45) is 0. The number of rotatable bonds is 9. The molecule has 1 unspecified atom stereocenters. The van der Waals surface area contributed by atoms with Crippen molar-refractivity contribution >= 4 is 51.4 Å². The fourth-order valence-corrected chi connectivity index (χ4v) is 5.10. The number of sulfone groups is 1. The van der Waals surface area contributed by atoms with Gasteiger partial charge in [-0.15, -0.1) is 24.0 Å². The molecule has 1 aromatic carbocycles. The molecule has 0 radical (unpaired) electrons. The smallest absolute Gasteiger partial charge is 0.191 e. The third-order valence-corrected chi connectivity index (χ3v) is 7.31. The van der Waals surface area contributed by atoms with Gasteiger partial charge in [-0.3, -0.25) is 14.8 Å². The molecule has 0 bridgehead atoms. The van der Waals surface area contributed by atoms with Crippen LogP contribution in [0.15, 0.2) is 29.3 Å². The van der Waals surface area contributed by atoms with Gasteiger partial charge in [-0.05, 0) is 24.7 Å². The number of halogens is 2. The first kappa shape index (κ1) is 27.4. The number of guanidine groups is 1. The average molecular weight is 572 g/mol. The molecule has 2 rings (SSSR count). The van der Waals surface area contributed by atoms with Gasteiger partial charge in [-0.1, -0.05) is 43.6 Å². The van der Waals surface area contributed by atoms with Crippen molar-refractivity contribution in [3.63, 3.8) is 0 Å². The van der Waals surface area contributed by atoms with Crippen LogP contribution in [0.3, 0.4) is 0 Å². The summed E-state index contributed by atoms with van der Waals surface area (Å²) < 4.78 is 23.1.